The van der Waals surface area contributed by atoms with Crippen molar-refractivity contribution in [2.45, 2.75) is 12.5 Å². The molecule has 4 heterocycles. The molecule has 0 amide bonds. The lowest BCUT2D eigenvalue weighted by atomic mass is 9.96. The lowest BCUT2D eigenvalue weighted by molar-refractivity contribution is 0.0745. The van der Waals surface area contributed by atoms with Crippen molar-refractivity contribution in [3.63, 3.8) is 0 Å². The van der Waals surface area contributed by atoms with E-state index in [1.807, 2.05) is 24.4 Å². The van der Waals surface area contributed by atoms with E-state index in [-0.39, 0.29) is 12.8 Å². The van der Waals surface area contributed by atoms with Gasteiger partial charge in [-0.1, -0.05) is 18.2 Å². The zero-order valence-electron chi connectivity index (χ0n) is 17.8. The average Bonchev–Trinajstić information content (AvgIpc) is 3.50. The Hall–Kier alpha value is -3.94. The molecule has 0 fully saturated rings. The molecule has 1 N–H and O–H groups in total. The van der Waals surface area contributed by atoms with E-state index in [9.17, 15) is 0 Å². The van der Waals surface area contributed by atoms with Gasteiger partial charge >= 0.3 is 0 Å². The molecular weight excluding hydrogens is 408 g/mol. The van der Waals surface area contributed by atoms with Gasteiger partial charge in [0.15, 0.2) is 17.3 Å². The maximum atomic E-state index is 5.84. The number of benzene rings is 2. The number of rotatable bonds is 4. The Morgan fingerprint density at radius 2 is 1.97 bits per heavy atom. The maximum absolute atomic E-state index is 5.84. The second kappa shape index (κ2) is 7.33. The minimum absolute atomic E-state index is 0.203. The van der Waals surface area contributed by atoms with Crippen LogP contribution in [0.4, 0.5) is 5.95 Å². The number of nitrogens with one attached hydrogen (secondary N) is 1. The van der Waals surface area contributed by atoms with Crippen molar-refractivity contribution < 1.29 is 18.9 Å². The van der Waals surface area contributed by atoms with E-state index in [4.69, 9.17) is 28.9 Å². The molecule has 0 saturated heterocycles. The summed E-state index contributed by atoms with van der Waals surface area (Å²) in [5.41, 5.74) is 4.28. The SMILES string of the molecule is COc1cc2cnc(N3CCc4c([nH]c5ccccc45)C3C3=COCO3)nc2cc1OC. The molecule has 162 valence electrons. The molecule has 0 aliphatic carbocycles. The zero-order valence-corrected chi connectivity index (χ0v) is 17.8. The fourth-order valence-corrected chi connectivity index (χ4v) is 4.63. The third kappa shape index (κ3) is 2.83. The highest BCUT2D eigenvalue weighted by atomic mass is 16.7. The van der Waals surface area contributed by atoms with Crippen LogP contribution in [-0.2, 0) is 15.9 Å². The molecule has 2 aliphatic heterocycles. The molecule has 1 atom stereocenters. The molecule has 2 aromatic heterocycles. The van der Waals surface area contributed by atoms with Gasteiger partial charge in [0.25, 0.3) is 0 Å². The van der Waals surface area contributed by atoms with Gasteiger partial charge in [0.05, 0.1) is 25.4 Å². The molecule has 32 heavy (non-hydrogen) atoms. The molecule has 8 nitrogen and oxygen atoms in total. The number of hydrogen-bond donors (Lipinski definition) is 1. The lowest BCUT2D eigenvalue weighted by Crippen LogP contribution is -2.37. The van der Waals surface area contributed by atoms with Crippen molar-refractivity contribution in [1.29, 1.82) is 0 Å². The van der Waals surface area contributed by atoms with Crippen molar-refractivity contribution in [3.8, 4) is 11.5 Å². The standard InChI is InChI=1S/C24H22N4O4/c1-29-19-9-14-11-25-24(27-18(14)10-20(19)30-2)28-8-7-16-15-5-3-4-6-17(15)26-22(16)23(28)21-12-31-13-32-21/h3-6,9-12,23,26H,7-8,13H2,1-2H3. The van der Waals surface area contributed by atoms with Gasteiger partial charge in [0.2, 0.25) is 12.7 Å². The first-order valence-electron chi connectivity index (χ1n) is 10.5. The van der Waals surface area contributed by atoms with Gasteiger partial charge in [-0.25, -0.2) is 9.97 Å². The normalized spacial score (nSPS) is 17.6. The fraction of sp³-hybridized carbons (Fsp3) is 0.250. The van der Waals surface area contributed by atoms with E-state index in [2.05, 4.69) is 28.1 Å². The van der Waals surface area contributed by atoms with Crippen LogP contribution in [0, 0.1) is 0 Å². The van der Waals surface area contributed by atoms with Crippen LogP contribution in [0.5, 0.6) is 11.5 Å². The molecule has 2 aromatic carbocycles. The number of H-pyrrole nitrogens is 1. The van der Waals surface area contributed by atoms with Gasteiger partial charge in [0.1, 0.15) is 12.3 Å². The molecule has 0 saturated carbocycles. The van der Waals surface area contributed by atoms with Crippen molar-refractivity contribution in [2.75, 3.05) is 32.5 Å². The first-order chi connectivity index (χ1) is 15.8. The van der Waals surface area contributed by atoms with Crippen LogP contribution in [0.15, 0.2) is 54.6 Å². The molecule has 6 rings (SSSR count). The van der Waals surface area contributed by atoms with Crippen LogP contribution < -0.4 is 14.4 Å². The third-order valence-electron chi connectivity index (χ3n) is 6.13. The molecule has 4 aromatic rings. The highest BCUT2D eigenvalue weighted by Gasteiger charge is 2.37. The van der Waals surface area contributed by atoms with E-state index in [1.165, 1.54) is 10.9 Å². The first-order valence-corrected chi connectivity index (χ1v) is 10.5. The number of hydrogen-bond acceptors (Lipinski definition) is 7. The second-order valence-corrected chi connectivity index (χ2v) is 7.79. The van der Waals surface area contributed by atoms with E-state index in [0.29, 0.717) is 17.4 Å². The summed E-state index contributed by atoms with van der Waals surface area (Å²) in [5.74, 6) is 2.65. The monoisotopic (exact) mass is 430 g/mol. The van der Waals surface area contributed by atoms with E-state index >= 15 is 0 Å². The molecular formula is C24H22N4O4. The molecule has 8 heteroatoms. The number of nitrogens with zero attached hydrogens (tertiary/aromatic N) is 3. The second-order valence-electron chi connectivity index (χ2n) is 7.79. The smallest absolute Gasteiger partial charge is 0.229 e. The summed E-state index contributed by atoms with van der Waals surface area (Å²) in [6, 6.07) is 11.9. The van der Waals surface area contributed by atoms with Crippen LogP contribution >= 0.6 is 0 Å². The summed E-state index contributed by atoms with van der Waals surface area (Å²) in [6.45, 7) is 0.962. The number of ether oxygens (including phenoxy) is 4. The van der Waals surface area contributed by atoms with Crippen molar-refractivity contribution in [2.24, 2.45) is 0 Å². The summed E-state index contributed by atoms with van der Waals surface area (Å²) < 4.78 is 22.1. The minimum atomic E-state index is -0.203. The van der Waals surface area contributed by atoms with Crippen LogP contribution in [0.25, 0.3) is 21.8 Å². The van der Waals surface area contributed by atoms with Crippen molar-refractivity contribution in [3.05, 3.63) is 65.9 Å². The Bertz CT molecular complexity index is 1360. The van der Waals surface area contributed by atoms with Crippen molar-refractivity contribution in [1.82, 2.24) is 15.0 Å². The number of anilines is 1. The molecule has 0 radical (unpaired) electrons. The van der Waals surface area contributed by atoms with Crippen LogP contribution in [0.1, 0.15) is 17.3 Å². The van der Waals surface area contributed by atoms with Crippen LogP contribution in [-0.4, -0.2) is 42.5 Å². The molecule has 0 bridgehead atoms. The number of aromatic amines is 1. The van der Waals surface area contributed by atoms with Gasteiger partial charge in [-0.3, -0.25) is 0 Å². The largest absolute Gasteiger partial charge is 0.493 e. The van der Waals surface area contributed by atoms with E-state index in [1.54, 1.807) is 20.5 Å². The van der Waals surface area contributed by atoms with Gasteiger partial charge in [-0.2, -0.15) is 0 Å². The third-order valence-corrected chi connectivity index (χ3v) is 6.13. The van der Waals surface area contributed by atoms with Crippen LogP contribution in [0.2, 0.25) is 0 Å². The first kappa shape index (κ1) is 18.8. The van der Waals surface area contributed by atoms with E-state index in [0.717, 1.165) is 40.8 Å². The lowest BCUT2D eigenvalue weighted by Gasteiger charge is -2.35. The van der Waals surface area contributed by atoms with Crippen LogP contribution in [0.3, 0.4) is 0 Å². The minimum Gasteiger partial charge on any atom is -0.493 e. The Kier molecular flexibility index (Phi) is 4.31. The average molecular weight is 430 g/mol. The van der Waals surface area contributed by atoms with Gasteiger partial charge in [0, 0.05) is 35.1 Å². The summed E-state index contributed by atoms with van der Waals surface area (Å²) >= 11 is 0. The molecule has 0 spiro atoms. The number of fused-ring (bicyclic) bond motifs is 4. The summed E-state index contributed by atoms with van der Waals surface area (Å²) in [7, 11) is 3.24. The number of para-hydroxylation sites is 1. The fourth-order valence-electron chi connectivity index (χ4n) is 4.63. The molecule has 1 unspecified atom stereocenters. The van der Waals surface area contributed by atoms with Gasteiger partial charge in [-0.15, -0.1) is 0 Å². The quantitative estimate of drug-likeness (QED) is 0.522. The highest BCUT2D eigenvalue weighted by molar-refractivity contribution is 5.86. The Morgan fingerprint density at radius 1 is 1.12 bits per heavy atom. The number of methoxy groups -OCH3 is 2. The molecule has 2 aliphatic rings. The number of aromatic nitrogens is 3. The van der Waals surface area contributed by atoms with E-state index < -0.39 is 0 Å². The topological polar surface area (TPSA) is 81.7 Å². The Balaban J connectivity index is 1.49. The summed E-state index contributed by atoms with van der Waals surface area (Å²) in [5, 5.41) is 2.12. The predicted molar refractivity (Wildman–Crippen MR) is 120 cm³/mol. The Morgan fingerprint density at radius 3 is 2.78 bits per heavy atom. The zero-order chi connectivity index (χ0) is 21.7. The summed E-state index contributed by atoms with van der Waals surface area (Å²) in [4.78, 5) is 15.3. The Labute approximate surface area is 184 Å². The maximum Gasteiger partial charge on any atom is 0.229 e. The predicted octanol–water partition coefficient (Wildman–Crippen LogP) is 4.08. The summed E-state index contributed by atoms with van der Waals surface area (Å²) in [6.07, 6.45) is 4.38. The van der Waals surface area contributed by atoms with Crippen molar-refractivity contribution >= 4 is 27.8 Å². The van der Waals surface area contributed by atoms with Gasteiger partial charge < -0.3 is 28.8 Å². The highest BCUT2D eigenvalue weighted by Crippen LogP contribution is 2.41. The van der Waals surface area contributed by atoms with Gasteiger partial charge in [-0.05, 0) is 24.1 Å².